The van der Waals surface area contributed by atoms with Crippen molar-refractivity contribution in [2.24, 2.45) is 0 Å². The first-order valence-electron chi connectivity index (χ1n) is 8.57. The van der Waals surface area contributed by atoms with E-state index in [1.54, 1.807) is 48.6 Å². The molecule has 0 saturated carbocycles. The molecule has 0 aliphatic carbocycles. The van der Waals surface area contributed by atoms with Gasteiger partial charge in [-0.25, -0.2) is 4.98 Å². The molecule has 0 amide bonds. The van der Waals surface area contributed by atoms with Crippen LogP contribution in [0, 0.1) is 0 Å². The third-order valence-corrected chi connectivity index (χ3v) is 5.63. The molecule has 0 fully saturated rings. The Balaban J connectivity index is 2.11. The molecule has 3 rings (SSSR count). The minimum absolute atomic E-state index is 0.0949. The molecule has 0 aliphatic heterocycles. The lowest BCUT2D eigenvalue weighted by Gasteiger charge is -2.17. The number of hydrogen-bond acceptors (Lipinski definition) is 4. The van der Waals surface area contributed by atoms with Gasteiger partial charge in [-0.1, -0.05) is 58.8 Å². The van der Waals surface area contributed by atoms with Gasteiger partial charge in [-0.2, -0.15) is 0 Å². The van der Waals surface area contributed by atoms with E-state index in [0.717, 1.165) is 10.7 Å². The van der Waals surface area contributed by atoms with Crippen LogP contribution in [-0.2, 0) is 0 Å². The molecule has 3 nitrogen and oxygen atoms in total. The van der Waals surface area contributed by atoms with Crippen LogP contribution in [0.2, 0.25) is 10.0 Å². The lowest BCUT2D eigenvalue weighted by molar-refractivity contribution is 0.104. The van der Waals surface area contributed by atoms with Crippen molar-refractivity contribution in [3.05, 3.63) is 94.3 Å². The molecule has 0 N–H and O–H groups in total. The average Bonchev–Trinajstić information content (AvgIpc) is 3.14. The second-order valence-electron chi connectivity index (χ2n) is 6.00. The number of carbonyl (C=O) groups excluding carboxylic acids is 1. The zero-order valence-electron chi connectivity index (χ0n) is 15.1. The summed E-state index contributed by atoms with van der Waals surface area (Å²) >= 11 is 13.3. The molecular formula is C22H18Cl2N2OS. The molecule has 6 heteroatoms. The van der Waals surface area contributed by atoms with Gasteiger partial charge in [-0.15, -0.1) is 13.2 Å². The smallest absolute Gasteiger partial charge is 0.205 e. The third kappa shape index (κ3) is 4.53. The van der Waals surface area contributed by atoms with Gasteiger partial charge in [-0.3, -0.25) is 4.79 Å². The highest BCUT2D eigenvalue weighted by atomic mass is 35.5. The fraction of sp³-hybridized carbons (Fsp3) is 0.0909. The van der Waals surface area contributed by atoms with E-state index in [2.05, 4.69) is 13.2 Å². The maximum atomic E-state index is 13.2. The van der Waals surface area contributed by atoms with E-state index in [1.165, 1.54) is 11.3 Å². The zero-order chi connectivity index (χ0) is 20.1. The lowest BCUT2D eigenvalue weighted by atomic mass is 10.1. The van der Waals surface area contributed by atoms with Gasteiger partial charge in [0.1, 0.15) is 4.88 Å². The summed E-state index contributed by atoms with van der Waals surface area (Å²) in [4.78, 5) is 20.6. The summed E-state index contributed by atoms with van der Waals surface area (Å²) < 4.78 is 0. The van der Waals surface area contributed by atoms with Crippen LogP contribution >= 0.6 is 34.5 Å². The van der Waals surface area contributed by atoms with Crippen LogP contribution in [-0.4, -0.2) is 23.9 Å². The SMILES string of the molecule is C=CCN(CC=C)c1nc(-c2ccc(Cl)cc2)c(C(=O)c2ccc(Cl)cc2)s1. The molecule has 0 atom stereocenters. The largest absolute Gasteiger partial charge is 0.341 e. The third-order valence-electron chi connectivity index (χ3n) is 4.02. The number of benzene rings is 2. The molecule has 0 unspecified atom stereocenters. The van der Waals surface area contributed by atoms with E-state index in [-0.39, 0.29) is 5.78 Å². The van der Waals surface area contributed by atoms with Crippen LogP contribution in [0.5, 0.6) is 0 Å². The molecule has 0 saturated heterocycles. The predicted molar refractivity (Wildman–Crippen MR) is 120 cm³/mol. The highest BCUT2D eigenvalue weighted by Gasteiger charge is 2.23. The van der Waals surface area contributed by atoms with Gasteiger partial charge in [0, 0.05) is 34.3 Å². The molecule has 3 aromatic rings. The van der Waals surface area contributed by atoms with Crippen LogP contribution in [0.3, 0.4) is 0 Å². The van der Waals surface area contributed by atoms with E-state index >= 15 is 0 Å². The first-order chi connectivity index (χ1) is 13.5. The van der Waals surface area contributed by atoms with E-state index in [9.17, 15) is 4.79 Å². The normalized spacial score (nSPS) is 10.5. The van der Waals surface area contributed by atoms with Crippen LogP contribution < -0.4 is 4.90 Å². The lowest BCUT2D eigenvalue weighted by Crippen LogP contribution is -2.22. The second-order valence-corrected chi connectivity index (χ2v) is 7.85. The molecule has 0 spiro atoms. The minimum Gasteiger partial charge on any atom is -0.341 e. The van der Waals surface area contributed by atoms with Gasteiger partial charge < -0.3 is 4.90 Å². The Kier molecular flexibility index (Phi) is 6.68. The predicted octanol–water partition coefficient (Wildman–Crippen LogP) is 6.53. The molecule has 0 radical (unpaired) electrons. The Hall–Kier alpha value is -2.40. The van der Waals surface area contributed by atoms with Crippen LogP contribution in [0.15, 0.2) is 73.8 Å². The molecule has 1 heterocycles. The minimum atomic E-state index is -0.0949. The Labute approximate surface area is 178 Å². The number of ketones is 1. The summed E-state index contributed by atoms with van der Waals surface area (Å²) in [5.74, 6) is -0.0949. The summed E-state index contributed by atoms with van der Waals surface area (Å²) in [7, 11) is 0. The summed E-state index contributed by atoms with van der Waals surface area (Å²) in [5.41, 5.74) is 2.03. The fourth-order valence-corrected chi connectivity index (χ4v) is 4.00. The highest BCUT2D eigenvalue weighted by molar-refractivity contribution is 7.18. The number of rotatable bonds is 8. The van der Waals surface area contributed by atoms with Crippen LogP contribution in [0.25, 0.3) is 11.3 Å². The summed E-state index contributed by atoms with van der Waals surface area (Å²) in [6.07, 6.45) is 3.60. The van der Waals surface area contributed by atoms with Gasteiger partial charge in [-0.05, 0) is 36.4 Å². The molecule has 1 aromatic heterocycles. The molecule has 2 aromatic carbocycles. The van der Waals surface area contributed by atoms with Crippen molar-refractivity contribution in [1.82, 2.24) is 4.98 Å². The van der Waals surface area contributed by atoms with Gasteiger partial charge in [0.25, 0.3) is 0 Å². The Bertz CT molecular complexity index is 984. The Morgan fingerprint density at radius 2 is 1.50 bits per heavy atom. The number of carbonyl (C=O) groups is 1. The van der Waals surface area contributed by atoms with Crippen molar-refractivity contribution in [2.45, 2.75) is 0 Å². The maximum absolute atomic E-state index is 13.2. The summed E-state index contributed by atoms with van der Waals surface area (Å²) in [6, 6.07) is 14.2. The number of halogens is 2. The monoisotopic (exact) mass is 428 g/mol. The van der Waals surface area contributed by atoms with Crippen molar-refractivity contribution in [3.8, 4) is 11.3 Å². The van der Waals surface area contributed by atoms with Crippen molar-refractivity contribution in [1.29, 1.82) is 0 Å². The first-order valence-corrected chi connectivity index (χ1v) is 10.1. The summed E-state index contributed by atoms with van der Waals surface area (Å²) in [6.45, 7) is 8.82. The number of thiazole rings is 1. The number of nitrogens with zero attached hydrogens (tertiary/aromatic N) is 2. The van der Waals surface area contributed by atoms with E-state index < -0.39 is 0 Å². The zero-order valence-corrected chi connectivity index (χ0v) is 17.4. The van der Waals surface area contributed by atoms with Crippen molar-refractivity contribution in [2.75, 3.05) is 18.0 Å². The number of hydrogen-bond donors (Lipinski definition) is 0. The molecule has 28 heavy (non-hydrogen) atoms. The van der Waals surface area contributed by atoms with Crippen LogP contribution in [0.1, 0.15) is 15.2 Å². The summed E-state index contributed by atoms with van der Waals surface area (Å²) in [5, 5.41) is 1.95. The second kappa shape index (κ2) is 9.20. The number of anilines is 1. The first kappa shape index (κ1) is 20.3. The van der Waals surface area contributed by atoms with Gasteiger partial charge in [0.05, 0.1) is 5.69 Å². The molecule has 0 bridgehead atoms. The molecule has 0 aliphatic rings. The number of aromatic nitrogens is 1. The topological polar surface area (TPSA) is 33.2 Å². The Morgan fingerprint density at radius 1 is 0.964 bits per heavy atom. The maximum Gasteiger partial charge on any atom is 0.205 e. The highest BCUT2D eigenvalue weighted by Crippen LogP contribution is 2.35. The van der Waals surface area contributed by atoms with Crippen molar-refractivity contribution in [3.63, 3.8) is 0 Å². The Morgan fingerprint density at radius 3 is 2.04 bits per heavy atom. The van der Waals surface area contributed by atoms with E-state index in [1.807, 2.05) is 17.0 Å². The van der Waals surface area contributed by atoms with Gasteiger partial charge >= 0.3 is 0 Å². The van der Waals surface area contributed by atoms with Crippen molar-refractivity contribution >= 4 is 45.5 Å². The average molecular weight is 429 g/mol. The molecular weight excluding hydrogens is 411 g/mol. The van der Waals surface area contributed by atoms with Gasteiger partial charge in [0.15, 0.2) is 5.13 Å². The van der Waals surface area contributed by atoms with Gasteiger partial charge in [0.2, 0.25) is 5.78 Å². The standard InChI is InChI=1S/C22H18Cl2N2OS/c1-3-13-26(14-4-2)22-25-19(15-5-9-17(23)10-6-15)21(28-22)20(27)16-7-11-18(24)12-8-16/h3-12H,1-2,13-14H2. The van der Waals surface area contributed by atoms with E-state index in [0.29, 0.717) is 39.3 Å². The van der Waals surface area contributed by atoms with E-state index in [4.69, 9.17) is 28.2 Å². The quantitative estimate of drug-likeness (QED) is 0.302. The fourth-order valence-electron chi connectivity index (χ4n) is 2.68. The molecule has 142 valence electrons. The van der Waals surface area contributed by atoms with Crippen LogP contribution in [0.4, 0.5) is 5.13 Å². The van der Waals surface area contributed by atoms with Crippen molar-refractivity contribution < 1.29 is 4.79 Å².